The van der Waals surface area contributed by atoms with Crippen LogP contribution in [0.2, 0.25) is 5.02 Å². The second-order valence-electron chi connectivity index (χ2n) is 3.28. The average molecular weight is 199 g/mol. The Morgan fingerprint density at radius 3 is 2.46 bits per heavy atom. The Hall–Kier alpha value is -0.860. The van der Waals surface area contributed by atoms with E-state index in [-0.39, 0.29) is 0 Å². The van der Waals surface area contributed by atoms with Crippen LogP contribution in [0.5, 0.6) is 0 Å². The SMILES string of the molecule is CC(O)(C=O)Cc1ccc(Cl)cc1. The van der Waals surface area contributed by atoms with Crippen molar-refractivity contribution in [2.75, 3.05) is 0 Å². The second-order valence-corrected chi connectivity index (χ2v) is 3.71. The first-order valence-electron chi connectivity index (χ1n) is 3.97. The summed E-state index contributed by atoms with van der Waals surface area (Å²) in [5.41, 5.74) is -0.394. The number of aliphatic hydroxyl groups is 1. The van der Waals surface area contributed by atoms with Crippen molar-refractivity contribution >= 4 is 17.9 Å². The molecule has 0 saturated heterocycles. The predicted molar refractivity (Wildman–Crippen MR) is 51.8 cm³/mol. The molecule has 1 unspecified atom stereocenters. The third-order valence-electron chi connectivity index (χ3n) is 1.73. The maximum absolute atomic E-state index is 10.4. The van der Waals surface area contributed by atoms with E-state index in [4.69, 9.17) is 11.6 Å². The molecular formula is C10H11ClO2. The Morgan fingerprint density at radius 2 is 2.00 bits per heavy atom. The molecule has 0 aliphatic heterocycles. The van der Waals surface area contributed by atoms with Gasteiger partial charge in [-0.1, -0.05) is 23.7 Å². The molecule has 0 aliphatic carbocycles. The summed E-state index contributed by atoms with van der Waals surface area (Å²) in [7, 11) is 0. The number of aldehydes is 1. The zero-order valence-electron chi connectivity index (χ0n) is 7.33. The van der Waals surface area contributed by atoms with Crippen LogP contribution in [-0.4, -0.2) is 17.0 Å². The fourth-order valence-corrected chi connectivity index (χ4v) is 1.18. The van der Waals surface area contributed by atoms with E-state index in [0.717, 1.165) is 5.56 Å². The normalized spacial score (nSPS) is 15.0. The van der Waals surface area contributed by atoms with Gasteiger partial charge in [-0.2, -0.15) is 0 Å². The molecule has 0 aliphatic rings. The number of carbonyl (C=O) groups excluding carboxylic acids is 1. The standard InChI is InChI=1S/C10H11ClO2/c1-10(13,7-12)6-8-2-4-9(11)5-3-8/h2-5,7,13H,6H2,1H3. The van der Waals surface area contributed by atoms with E-state index in [2.05, 4.69) is 0 Å². The molecule has 2 nitrogen and oxygen atoms in total. The fraction of sp³-hybridized carbons (Fsp3) is 0.300. The topological polar surface area (TPSA) is 37.3 Å². The highest BCUT2D eigenvalue weighted by Crippen LogP contribution is 2.14. The molecule has 0 aromatic heterocycles. The molecular weight excluding hydrogens is 188 g/mol. The van der Waals surface area contributed by atoms with Crippen LogP contribution in [0.25, 0.3) is 0 Å². The van der Waals surface area contributed by atoms with Gasteiger partial charge in [-0.25, -0.2) is 0 Å². The third kappa shape index (κ3) is 3.17. The van der Waals surface area contributed by atoms with Crippen molar-refractivity contribution in [3.05, 3.63) is 34.9 Å². The van der Waals surface area contributed by atoms with Crippen LogP contribution in [0.3, 0.4) is 0 Å². The van der Waals surface area contributed by atoms with Gasteiger partial charge < -0.3 is 9.90 Å². The highest BCUT2D eigenvalue weighted by molar-refractivity contribution is 6.30. The van der Waals surface area contributed by atoms with Crippen molar-refractivity contribution in [1.82, 2.24) is 0 Å². The Balaban J connectivity index is 2.75. The van der Waals surface area contributed by atoms with Crippen LogP contribution in [0.1, 0.15) is 12.5 Å². The summed E-state index contributed by atoms with van der Waals surface area (Å²) >= 11 is 5.68. The molecule has 0 saturated carbocycles. The Bertz CT molecular complexity index is 290. The number of carbonyl (C=O) groups is 1. The Labute approximate surface area is 82.2 Å². The van der Waals surface area contributed by atoms with Crippen LogP contribution < -0.4 is 0 Å². The molecule has 3 heteroatoms. The molecule has 0 heterocycles. The number of rotatable bonds is 3. The fourth-order valence-electron chi connectivity index (χ4n) is 1.06. The monoisotopic (exact) mass is 198 g/mol. The first-order valence-corrected chi connectivity index (χ1v) is 4.34. The summed E-state index contributed by atoms with van der Waals surface area (Å²) in [5, 5.41) is 10.1. The molecule has 1 aromatic rings. The van der Waals surface area contributed by atoms with Gasteiger partial charge in [0.05, 0.1) is 0 Å². The molecule has 0 radical (unpaired) electrons. The van der Waals surface area contributed by atoms with Crippen molar-refractivity contribution < 1.29 is 9.90 Å². The summed E-state index contributed by atoms with van der Waals surface area (Å²) in [5.74, 6) is 0. The maximum atomic E-state index is 10.4. The van der Waals surface area contributed by atoms with Crippen LogP contribution >= 0.6 is 11.6 Å². The Morgan fingerprint density at radius 1 is 1.46 bits per heavy atom. The molecule has 0 fully saturated rings. The van der Waals surface area contributed by atoms with Crippen molar-refractivity contribution in [3.8, 4) is 0 Å². The maximum Gasteiger partial charge on any atom is 0.151 e. The molecule has 1 rings (SSSR count). The number of benzene rings is 1. The van der Waals surface area contributed by atoms with Gasteiger partial charge in [0.15, 0.2) is 6.29 Å². The lowest BCUT2D eigenvalue weighted by atomic mass is 9.98. The average Bonchev–Trinajstić information content (AvgIpc) is 2.09. The van der Waals surface area contributed by atoms with Crippen molar-refractivity contribution in [2.24, 2.45) is 0 Å². The molecule has 0 bridgehead atoms. The van der Waals surface area contributed by atoms with Gasteiger partial charge in [0.1, 0.15) is 5.60 Å². The van der Waals surface area contributed by atoms with Gasteiger partial charge in [-0.15, -0.1) is 0 Å². The summed E-state index contributed by atoms with van der Waals surface area (Å²) < 4.78 is 0. The van der Waals surface area contributed by atoms with E-state index in [9.17, 15) is 9.90 Å². The highest BCUT2D eigenvalue weighted by atomic mass is 35.5. The molecule has 0 amide bonds. The summed E-state index contributed by atoms with van der Waals surface area (Å²) in [6.45, 7) is 1.48. The lowest BCUT2D eigenvalue weighted by Gasteiger charge is -2.15. The lowest BCUT2D eigenvalue weighted by Crippen LogP contribution is -2.28. The number of halogens is 1. The summed E-state index contributed by atoms with van der Waals surface area (Å²) in [6.07, 6.45) is 0.856. The van der Waals surface area contributed by atoms with Gasteiger partial charge in [0.25, 0.3) is 0 Å². The molecule has 0 spiro atoms. The van der Waals surface area contributed by atoms with Gasteiger partial charge >= 0.3 is 0 Å². The van der Waals surface area contributed by atoms with E-state index < -0.39 is 5.60 Å². The van der Waals surface area contributed by atoms with Crippen LogP contribution in [0.4, 0.5) is 0 Å². The zero-order valence-corrected chi connectivity index (χ0v) is 8.08. The van der Waals surface area contributed by atoms with E-state index in [0.29, 0.717) is 17.7 Å². The third-order valence-corrected chi connectivity index (χ3v) is 1.98. The van der Waals surface area contributed by atoms with Crippen molar-refractivity contribution in [1.29, 1.82) is 0 Å². The van der Waals surface area contributed by atoms with E-state index in [1.165, 1.54) is 6.92 Å². The summed E-state index contributed by atoms with van der Waals surface area (Å²) in [6, 6.07) is 7.05. The molecule has 13 heavy (non-hydrogen) atoms. The lowest BCUT2D eigenvalue weighted by molar-refractivity contribution is -0.122. The molecule has 1 aromatic carbocycles. The van der Waals surface area contributed by atoms with Crippen molar-refractivity contribution in [3.63, 3.8) is 0 Å². The first-order chi connectivity index (χ1) is 6.03. The smallest absolute Gasteiger partial charge is 0.151 e. The largest absolute Gasteiger partial charge is 0.382 e. The Kier molecular flexibility index (Phi) is 3.07. The zero-order chi connectivity index (χ0) is 9.90. The van der Waals surface area contributed by atoms with E-state index in [1.807, 2.05) is 0 Å². The van der Waals surface area contributed by atoms with E-state index in [1.54, 1.807) is 24.3 Å². The molecule has 70 valence electrons. The van der Waals surface area contributed by atoms with E-state index >= 15 is 0 Å². The first kappa shape index (κ1) is 10.2. The highest BCUT2D eigenvalue weighted by Gasteiger charge is 2.19. The van der Waals surface area contributed by atoms with Gasteiger partial charge in [0.2, 0.25) is 0 Å². The minimum atomic E-state index is -1.28. The number of hydrogen-bond donors (Lipinski definition) is 1. The quantitative estimate of drug-likeness (QED) is 0.753. The van der Waals surface area contributed by atoms with Gasteiger partial charge in [0, 0.05) is 11.4 Å². The molecule has 1 atom stereocenters. The van der Waals surface area contributed by atoms with Crippen LogP contribution in [0.15, 0.2) is 24.3 Å². The molecule has 1 N–H and O–H groups in total. The second kappa shape index (κ2) is 3.90. The van der Waals surface area contributed by atoms with Crippen LogP contribution in [0, 0.1) is 0 Å². The van der Waals surface area contributed by atoms with Gasteiger partial charge in [-0.3, -0.25) is 0 Å². The minimum Gasteiger partial charge on any atom is -0.382 e. The summed E-state index contributed by atoms with van der Waals surface area (Å²) in [4.78, 5) is 10.4. The van der Waals surface area contributed by atoms with Crippen LogP contribution in [-0.2, 0) is 11.2 Å². The number of hydrogen-bond acceptors (Lipinski definition) is 2. The minimum absolute atomic E-state index is 0.313. The van der Waals surface area contributed by atoms with Gasteiger partial charge in [-0.05, 0) is 24.6 Å². The van der Waals surface area contributed by atoms with Crippen molar-refractivity contribution in [2.45, 2.75) is 18.9 Å². The predicted octanol–water partition coefficient (Wildman–Crippen LogP) is 1.83.